The predicted octanol–water partition coefficient (Wildman–Crippen LogP) is 17.7. The highest BCUT2D eigenvalue weighted by molar-refractivity contribution is 6.30. The lowest BCUT2D eigenvalue weighted by molar-refractivity contribution is 0.0398. The average Bonchev–Trinajstić information content (AvgIpc) is 0.920. The van der Waals surface area contributed by atoms with Crippen molar-refractivity contribution in [2.75, 3.05) is 177 Å². The molecule has 8 fully saturated rings. The smallest absolute Gasteiger partial charge is 0.223 e. The first-order valence-electron chi connectivity index (χ1n) is 52.2. The lowest BCUT2D eigenvalue weighted by Crippen LogP contribution is -2.43. The molecule has 7 saturated heterocycles. The molecule has 0 bridgehead atoms. The first kappa shape index (κ1) is 94.9. The number of benzene rings is 7. The Morgan fingerprint density at radius 3 is 1.04 bits per heavy atom. The number of nitrogens with zero attached hydrogens (tertiary/aromatic N) is 12. The number of hydrogen-bond donors (Lipinski definition) is 10. The molecule has 1 saturated carbocycles. The lowest BCUT2D eigenvalue weighted by Gasteiger charge is -2.42. The molecule has 140 heavy (non-hydrogen) atoms. The molecule has 0 unspecified atom stereocenters. The van der Waals surface area contributed by atoms with Crippen molar-refractivity contribution in [3.63, 3.8) is 0 Å². The summed E-state index contributed by atoms with van der Waals surface area (Å²) in [5.41, 5.74) is 27.6. The Bertz CT molecular complexity index is 6220. The zero-order valence-electron chi connectivity index (χ0n) is 81.1. The van der Waals surface area contributed by atoms with Gasteiger partial charge < -0.3 is 67.5 Å². The summed E-state index contributed by atoms with van der Waals surface area (Å²) < 4.78 is 24.5. The van der Waals surface area contributed by atoms with Crippen molar-refractivity contribution in [3.05, 3.63) is 273 Å². The van der Waals surface area contributed by atoms with E-state index in [2.05, 4.69) is 228 Å². The minimum absolute atomic E-state index is 0.122. The molecule has 13 aliphatic rings. The highest BCUT2D eigenvalue weighted by Crippen LogP contribution is 2.53. The van der Waals surface area contributed by atoms with Gasteiger partial charge in [-0.15, -0.1) is 0 Å². The molecule has 24 nitrogen and oxygen atoms in total. The number of morpholine rings is 1. The summed E-state index contributed by atoms with van der Waals surface area (Å²) in [5.74, 6) is 4.79. The molecular formula is C114H136ClFN22O2. The van der Waals surface area contributed by atoms with Gasteiger partial charge in [-0.1, -0.05) is 176 Å². The fourth-order valence-corrected chi connectivity index (χ4v) is 25.1. The fraction of sp³-hybridized carbons (Fsp3) is 0.456. The van der Waals surface area contributed by atoms with Gasteiger partial charge in [0.2, 0.25) is 29.7 Å². The van der Waals surface area contributed by atoms with Crippen molar-refractivity contribution < 1.29 is 13.9 Å². The molecule has 12 heterocycles. The third-order valence-electron chi connectivity index (χ3n) is 32.4. The number of nitrogens with one attached hydrogen (secondary N) is 10. The van der Waals surface area contributed by atoms with Gasteiger partial charge in [0.25, 0.3) is 0 Å². The van der Waals surface area contributed by atoms with Crippen LogP contribution in [0.4, 0.5) is 34.1 Å². The van der Waals surface area contributed by atoms with E-state index in [1.54, 1.807) is 12.1 Å². The second-order valence-electron chi connectivity index (χ2n) is 41.0. The van der Waals surface area contributed by atoms with Crippen LogP contribution in [0.15, 0.2) is 201 Å². The molecule has 5 spiro atoms. The number of piperidine rings is 5. The zero-order valence-corrected chi connectivity index (χ0v) is 81.9. The van der Waals surface area contributed by atoms with E-state index in [9.17, 15) is 4.39 Å². The molecule has 728 valence electrons. The van der Waals surface area contributed by atoms with Crippen LogP contribution >= 0.6 is 11.6 Å². The first-order valence-corrected chi connectivity index (χ1v) is 52.6. The van der Waals surface area contributed by atoms with E-state index in [-0.39, 0.29) is 32.1 Å². The Kier molecular flexibility index (Phi) is 29.8. The van der Waals surface area contributed by atoms with E-state index in [1.807, 2.05) is 42.7 Å². The van der Waals surface area contributed by atoms with Gasteiger partial charge >= 0.3 is 0 Å². The number of halogens is 2. The van der Waals surface area contributed by atoms with Gasteiger partial charge in [0.1, 0.15) is 18.2 Å². The van der Waals surface area contributed by atoms with Crippen LogP contribution in [0.5, 0.6) is 5.75 Å². The van der Waals surface area contributed by atoms with Gasteiger partial charge in [-0.25, -0.2) is 54.2 Å². The predicted molar refractivity (Wildman–Crippen MR) is 559 cm³/mol. The summed E-state index contributed by atoms with van der Waals surface area (Å²) in [7, 11) is 0. The van der Waals surface area contributed by atoms with E-state index in [0.717, 1.165) is 233 Å². The van der Waals surface area contributed by atoms with Gasteiger partial charge in [-0.3, -0.25) is 4.90 Å². The van der Waals surface area contributed by atoms with Crippen LogP contribution in [-0.4, -0.2) is 210 Å². The maximum Gasteiger partial charge on any atom is 0.223 e. The Labute approximate surface area is 829 Å². The number of hydrogen-bond acceptors (Lipinski definition) is 24. The molecule has 12 aromatic rings. The molecule has 5 aromatic heterocycles. The third-order valence-corrected chi connectivity index (χ3v) is 32.7. The van der Waals surface area contributed by atoms with E-state index in [1.165, 1.54) is 199 Å². The Morgan fingerprint density at radius 1 is 0.357 bits per heavy atom. The number of anilines is 5. The number of para-hydroxylation sites is 1. The molecule has 25 rings (SSSR count). The van der Waals surface area contributed by atoms with Crippen molar-refractivity contribution in [2.24, 2.45) is 5.92 Å². The maximum absolute atomic E-state index is 13.4. The number of ether oxygens (including phenoxy) is 2. The van der Waals surface area contributed by atoms with Crippen LogP contribution in [-0.2, 0) is 70.5 Å². The minimum Gasteiger partial charge on any atom is -0.492 e. The Balaban J connectivity index is 0.000000104. The second-order valence-corrected chi connectivity index (χ2v) is 41.4. The zero-order chi connectivity index (χ0) is 94.4. The van der Waals surface area contributed by atoms with E-state index in [4.69, 9.17) is 46.0 Å². The molecule has 7 aliphatic heterocycles. The van der Waals surface area contributed by atoms with Crippen LogP contribution in [0.1, 0.15) is 170 Å². The van der Waals surface area contributed by atoms with Crippen molar-refractivity contribution in [1.29, 1.82) is 0 Å². The summed E-state index contributed by atoms with van der Waals surface area (Å²) in [5, 5.41) is 34.6. The molecule has 6 aliphatic carbocycles. The third kappa shape index (κ3) is 21.3. The summed E-state index contributed by atoms with van der Waals surface area (Å²) in [6.45, 7) is 23.5. The first-order chi connectivity index (χ1) is 69.0. The van der Waals surface area contributed by atoms with Crippen molar-refractivity contribution >= 4 is 41.3 Å². The normalized spacial score (nSPS) is 19.4. The second kappa shape index (κ2) is 44.0. The summed E-state index contributed by atoms with van der Waals surface area (Å²) in [6.07, 6.45) is 36.7. The molecule has 0 atom stereocenters. The van der Waals surface area contributed by atoms with Crippen molar-refractivity contribution in [2.45, 2.75) is 175 Å². The van der Waals surface area contributed by atoms with Crippen molar-refractivity contribution in [1.82, 2.24) is 86.2 Å². The molecular weight excluding hydrogens is 1760 g/mol. The molecule has 26 heteroatoms. The molecule has 0 radical (unpaired) electrons. The monoisotopic (exact) mass is 1900 g/mol. The van der Waals surface area contributed by atoms with Crippen LogP contribution in [0.3, 0.4) is 0 Å². The number of aromatic nitrogens is 10. The summed E-state index contributed by atoms with van der Waals surface area (Å²) in [6, 6.07) is 58.7. The van der Waals surface area contributed by atoms with Gasteiger partial charge in [0, 0.05) is 138 Å². The molecule has 10 N–H and O–H groups in total. The Hall–Kier alpha value is -11.4. The van der Waals surface area contributed by atoms with E-state index < -0.39 is 5.82 Å². The number of rotatable bonds is 19. The van der Waals surface area contributed by atoms with Crippen LogP contribution < -0.4 is 57.9 Å². The lowest BCUT2D eigenvalue weighted by atomic mass is 9.64. The Morgan fingerprint density at radius 2 is 0.679 bits per heavy atom. The molecule has 7 aromatic carbocycles. The average molecular weight is 1900 g/mol. The van der Waals surface area contributed by atoms with Crippen LogP contribution in [0.2, 0.25) is 5.02 Å². The van der Waals surface area contributed by atoms with Crippen molar-refractivity contribution in [3.8, 4) is 62.0 Å². The highest BCUT2D eigenvalue weighted by Gasteiger charge is 2.47. The van der Waals surface area contributed by atoms with Gasteiger partial charge in [-0.05, 0) is 292 Å². The maximum atomic E-state index is 13.4. The quantitative estimate of drug-likeness (QED) is 0.0337. The van der Waals surface area contributed by atoms with Gasteiger partial charge in [-0.2, -0.15) is 0 Å². The number of likely N-dealkylation sites (tertiary alicyclic amines) is 1. The topological polar surface area (TPSA) is 274 Å². The summed E-state index contributed by atoms with van der Waals surface area (Å²) >= 11 is 5.88. The minimum atomic E-state index is -0.413. The fourth-order valence-electron chi connectivity index (χ4n) is 24.9. The van der Waals surface area contributed by atoms with E-state index in [0.29, 0.717) is 31.6 Å². The summed E-state index contributed by atoms with van der Waals surface area (Å²) in [4.78, 5) is 52.6. The van der Waals surface area contributed by atoms with Crippen LogP contribution in [0.25, 0.3) is 56.3 Å². The standard InChI is InChI=1S/C24H26N4O.C23H22ClFN4.C23H30N4.C22H29N5O.C22H29N5/c1-2-6-19(7-3-1)29-15-14-26-23-27-17-18-16-24(10-12-25-13-11-24)21-9-5-4-8-20(21)22(18)28-23;24-19-11-15(5-6-20(19)25)13-27-22-28-14-16-12-23(7-9-26-10-8-23)18-4-2-1-3-17(18)21(16)29-22;1-2-6-17(7-3-1)15-25-22-26-16-18-14-23(10-12-24-13-11-23)20-9-5-4-8-19(20)21(18)27-22;1-2-4-19-18(3-1)20-17(15-22(19)5-7-23-8-6-22)16-25-21(26-20)24-9-10-27-11-13-28-14-12-27;1-2-6-19-18(5-1)20-17(15-22(19)7-9-23-10-8-22)16-25-21(26-20)24-11-14-27-12-3-4-13-27/h1-9,17,25H,10-16H2,(H,26,27,28);1-6,11,14,26H,7-10,12-13H2,(H,27,28,29);4-5,8-9,16-17,24H,1-3,6-7,10-15H2,(H,25,26,27);1-4,16,23H,5-15H2,(H,24,25,26);1-2,5-6,16,23H,3-4,7-15H2,(H,24,25,26). The SMILES string of the molecule is Fc1ccc(CNc2ncc3c(n2)-c2ccccc2C2(CCNCC2)C3)cc1Cl.c1ccc(OCCNc2ncc3c(n2)-c2ccccc2C2(CCNCC2)C3)cc1.c1ccc2c(c1)-c1nc(NCC3CCCCC3)ncc1CC21CCNCC1.c1ccc2c(c1)-c1nc(NCCN3CCCC3)ncc1CC21CCNCC1.c1ccc2c(c1)-c1nc(NCCN3CCOCC3)ncc1CC21CCNCC1. The van der Waals surface area contributed by atoms with Crippen LogP contribution in [0, 0.1) is 11.7 Å². The molecule has 0 amide bonds. The van der Waals surface area contributed by atoms with Gasteiger partial charge in [0.15, 0.2) is 0 Å². The van der Waals surface area contributed by atoms with Gasteiger partial charge in [0.05, 0.1) is 53.3 Å². The highest BCUT2D eigenvalue weighted by atomic mass is 35.5. The largest absolute Gasteiger partial charge is 0.492 e. The van der Waals surface area contributed by atoms with E-state index >= 15 is 0 Å². The number of fused-ring (bicyclic) bond motifs is 20.